The molecular weight excluding hydrogens is 212 g/mol. The Balaban J connectivity index is 1.86. The van der Waals surface area contributed by atoms with Crippen LogP contribution in [0.4, 0.5) is 0 Å². The average molecular weight is 230 g/mol. The molecule has 0 saturated heterocycles. The molecule has 2 rings (SSSR count). The Hall–Kier alpha value is -1.57. The monoisotopic (exact) mass is 230 g/mol. The lowest BCUT2D eigenvalue weighted by atomic mass is 10.1. The topological polar surface area (TPSA) is 26.3 Å². The van der Waals surface area contributed by atoms with Crippen LogP contribution in [0.15, 0.2) is 42.0 Å². The second-order valence-electron chi connectivity index (χ2n) is 4.39. The van der Waals surface area contributed by atoms with Crippen LogP contribution < -0.4 is 0 Å². The number of ether oxygens (including phenoxy) is 1. The number of carbonyl (C=O) groups is 1. The van der Waals surface area contributed by atoms with Crippen molar-refractivity contribution in [1.29, 1.82) is 0 Å². The predicted molar refractivity (Wildman–Crippen MR) is 67.4 cm³/mol. The molecule has 2 nitrogen and oxygen atoms in total. The normalized spacial score (nSPS) is 15.9. The molecule has 1 aromatic carbocycles. The average Bonchev–Trinajstić information content (AvgIpc) is 2.66. The lowest BCUT2D eigenvalue weighted by molar-refractivity contribution is -0.140. The van der Waals surface area contributed by atoms with E-state index in [1.54, 1.807) is 0 Å². The molecule has 1 aromatic rings. The van der Waals surface area contributed by atoms with Crippen molar-refractivity contribution in [3.8, 4) is 0 Å². The van der Waals surface area contributed by atoms with Crippen molar-refractivity contribution in [3.05, 3.63) is 47.5 Å². The van der Waals surface area contributed by atoms with E-state index in [2.05, 4.69) is 0 Å². The first-order chi connectivity index (χ1) is 8.36. The van der Waals surface area contributed by atoms with Gasteiger partial charge in [0.05, 0.1) is 0 Å². The molecule has 0 aliphatic heterocycles. The lowest BCUT2D eigenvalue weighted by Gasteiger charge is -2.06. The maximum Gasteiger partial charge on any atom is 0.334 e. The Labute approximate surface area is 102 Å². The van der Waals surface area contributed by atoms with Crippen molar-refractivity contribution in [2.75, 3.05) is 0 Å². The number of rotatable bonds is 3. The fraction of sp³-hybridized carbons (Fsp3) is 0.400. The molecule has 0 saturated carbocycles. The summed E-state index contributed by atoms with van der Waals surface area (Å²) in [5, 5.41) is 0. The first kappa shape index (κ1) is 11.9. The van der Waals surface area contributed by atoms with Crippen molar-refractivity contribution >= 4 is 5.97 Å². The van der Waals surface area contributed by atoms with Gasteiger partial charge in [-0.2, -0.15) is 0 Å². The number of hydrogen-bond acceptors (Lipinski definition) is 2. The zero-order valence-electron chi connectivity index (χ0n) is 10.0. The van der Waals surface area contributed by atoms with E-state index in [0.717, 1.165) is 30.4 Å². The third kappa shape index (κ3) is 3.74. The fourth-order valence-electron chi connectivity index (χ4n) is 2.02. The number of allylic oxidation sites excluding steroid dienone is 1. The van der Waals surface area contributed by atoms with Crippen LogP contribution in [0.3, 0.4) is 0 Å². The van der Waals surface area contributed by atoms with Gasteiger partial charge in [0.15, 0.2) is 0 Å². The molecule has 0 heterocycles. The predicted octanol–water partition coefficient (Wildman–Crippen LogP) is 3.62. The molecule has 1 aliphatic carbocycles. The standard InChI is InChI=1S/C15H18O2/c16-15(14-10-6-1-2-7-11-14)17-12-13-8-4-3-5-9-13/h3-5,8-10H,1-2,6-7,11-12H2. The summed E-state index contributed by atoms with van der Waals surface area (Å²) in [6.45, 7) is 0.372. The molecule has 0 bridgehead atoms. The highest BCUT2D eigenvalue weighted by molar-refractivity contribution is 5.88. The van der Waals surface area contributed by atoms with Crippen molar-refractivity contribution in [2.24, 2.45) is 0 Å². The molecule has 0 aromatic heterocycles. The molecule has 0 atom stereocenters. The lowest BCUT2D eigenvalue weighted by Crippen LogP contribution is -2.07. The van der Waals surface area contributed by atoms with E-state index >= 15 is 0 Å². The second kappa shape index (κ2) is 6.24. The molecule has 0 spiro atoms. The summed E-state index contributed by atoms with van der Waals surface area (Å²) >= 11 is 0. The summed E-state index contributed by atoms with van der Waals surface area (Å²) in [6.07, 6.45) is 7.43. The summed E-state index contributed by atoms with van der Waals surface area (Å²) in [5.41, 5.74) is 1.90. The van der Waals surface area contributed by atoms with Gasteiger partial charge in [-0.25, -0.2) is 4.79 Å². The summed E-state index contributed by atoms with van der Waals surface area (Å²) in [7, 11) is 0. The third-order valence-electron chi connectivity index (χ3n) is 3.02. The molecule has 1 aliphatic rings. The molecule has 90 valence electrons. The van der Waals surface area contributed by atoms with Crippen molar-refractivity contribution in [1.82, 2.24) is 0 Å². The van der Waals surface area contributed by atoms with Crippen LogP contribution in [-0.4, -0.2) is 5.97 Å². The Morgan fingerprint density at radius 2 is 1.94 bits per heavy atom. The summed E-state index contributed by atoms with van der Waals surface area (Å²) in [6, 6.07) is 9.80. The van der Waals surface area contributed by atoms with Crippen LogP contribution >= 0.6 is 0 Å². The number of carbonyl (C=O) groups excluding carboxylic acids is 1. The van der Waals surface area contributed by atoms with E-state index in [1.165, 1.54) is 12.8 Å². The highest BCUT2D eigenvalue weighted by Crippen LogP contribution is 2.18. The second-order valence-corrected chi connectivity index (χ2v) is 4.39. The Kier molecular flexibility index (Phi) is 4.37. The van der Waals surface area contributed by atoms with E-state index in [1.807, 2.05) is 36.4 Å². The van der Waals surface area contributed by atoms with Crippen molar-refractivity contribution in [3.63, 3.8) is 0 Å². The Morgan fingerprint density at radius 1 is 1.12 bits per heavy atom. The van der Waals surface area contributed by atoms with Crippen LogP contribution in [0.5, 0.6) is 0 Å². The van der Waals surface area contributed by atoms with Crippen LogP contribution in [-0.2, 0) is 16.1 Å². The van der Waals surface area contributed by atoms with Gasteiger partial charge in [0, 0.05) is 5.57 Å². The van der Waals surface area contributed by atoms with E-state index in [-0.39, 0.29) is 5.97 Å². The van der Waals surface area contributed by atoms with Gasteiger partial charge in [-0.15, -0.1) is 0 Å². The summed E-state index contributed by atoms with van der Waals surface area (Å²) < 4.78 is 5.32. The Morgan fingerprint density at radius 3 is 2.76 bits per heavy atom. The van der Waals surface area contributed by atoms with E-state index in [9.17, 15) is 4.79 Å². The van der Waals surface area contributed by atoms with Gasteiger partial charge < -0.3 is 4.74 Å². The largest absolute Gasteiger partial charge is 0.457 e. The molecule has 0 amide bonds. The van der Waals surface area contributed by atoms with Gasteiger partial charge in [0.2, 0.25) is 0 Å². The molecule has 2 heteroatoms. The van der Waals surface area contributed by atoms with Crippen molar-refractivity contribution < 1.29 is 9.53 Å². The van der Waals surface area contributed by atoms with E-state index in [4.69, 9.17) is 4.74 Å². The molecule has 17 heavy (non-hydrogen) atoms. The SMILES string of the molecule is O=C(OCc1ccccc1)C1=CCCCCC1. The number of esters is 1. The summed E-state index contributed by atoms with van der Waals surface area (Å²) in [5.74, 6) is -0.143. The van der Waals surface area contributed by atoms with Gasteiger partial charge in [-0.1, -0.05) is 42.8 Å². The molecule has 0 radical (unpaired) electrons. The first-order valence-corrected chi connectivity index (χ1v) is 6.26. The smallest absolute Gasteiger partial charge is 0.334 e. The van der Waals surface area contributed by atoms with Gasteiger partial charge >= 0.3 is 5.97 Å². The number of hydrogen-bond donors (Lipinski definition) is 0. The quantitative estimate of drug-likeness (QED) is 0.741. The van der Waals surface area contributed by atoms with Crippen LogP contribution in [0, 0.1) is 0 Å². The zero-order valence-corrected chi connectivity index (χ0v) is 10.0. The molecular formula is C15H18O2. The summed E-state index contributed by atoms with van der Waals surface area (Å²) in [4.78, 5) is 11.8. The minimum absolute atomic E-state index is 0.143. The molecule has 0 N–H and O–H groups in total. The highest BCUT2D eigenvalue weighted by Gasteiger charge is 2.12. The first-order valence-electron chi connectivity index (χ1n) is 6.26. The van der Waals surface area contributed by atoms with Crippen LogP contribution in [0.2, 0.25) is 0 Å². The van der Waals surface area contributed by atoms with Gasteiger partial charge in [-0.05, 0) is 31.2 Å². The van der Waals surface area contributed by atoms with Crippen LogP contribution in [0.1, 0.15) is 37.7 Å². The van der Waals surface area contributed by atoms with Gasteiger partial charge in [-0.3, -0.25) is 0 Å². The zero-order chi connectivity index (χ0) is 11.9. The van der Waals surface area contributed by atoms with Gasteiger partial charge in [0.25, 0.3) is 0 Å². The fourth-order valence-corrected chi connectivity index (χ4v) is 2.02. The maximum absolute atomic E-state index is 11.8. The maximum atomic E-state index is 11.8. The molecule has 0 fully saturated rings. The van der Waals surface area contributed by atoms with Gasteiger partial charge in [0.1, 0.15) is 6.61 Å². The minimum atomic E-state index is -0.143. The molecule has 0 unspecified atom stereocenters. The highest BCUT2D eigenvalue weighted by atomic mass is 16.5. The van der Waals surface area contributed by atoms with E-state index < -0.39 is 0 Å². The van der Waals surface area contributed by atoms with Crippen molar-refractivity contribution in [2.45, 2.75) is 38.7 Å². The van der Waals surface area contributed by atoms with E-state index in [0.29, 0.717) is 6.61 Å². The number of benzene rings is 1. The third-order valence-corrected chi connectivity index (χ3v) is 3.02. The minimum Gasteiger partial charge on any atom is -0.457 e. The van der Waals surface area contributed by atoms with Crippen LogP contribution in [0.25, 0.3) is 0 Å². The Bertz CT molecular complexity index is 393.